The van der Waals surface area contributed by atoms with Gasteiger partial charge in [0, 0.05) is 37.7 Å². The third kappa shape index (κ3) is 4.07. The quantitative estimate of drug-likeness (QED) is 0.771. The topological polar surface area (TPSA) is 58.6 Å². The van der Waals surface area contributed by atoms with Gasteiger partial charge in [0.1, 0.15) is 17.9 Å². The summed E-state index contributed by atoms with van der Waals surface area (Å²) in [4.78, 5) is 25.6. The normalized spacial score (nSPS) is 20.4. The van der Waals surface area contributed by atoms with Crippen molar-refractivity contribution in [3.63, 3.8) is 0 Å². The molecule has 1 saturated heterocycles. The number of hydrogen-bond acceptors (Lipinski definition) is 5. The van der Waals surface area contributed by atoms with Gasteiger partial charge in [-0.15, -0.1) is 0 Å². The van der Waals surface area contributed by atoms with Crippen molar-refractivity contribution < 1.29 is 9.53 Å². The molecule has 148 valence electrons. The van der Waals surface area contributed by atoms with E-state index in [1.165, 1.54) is 19.2 Å². The second-order valence-corrected chi connectivity index (χ2v) is 7.96. The SMILES string of the molecule is C[C@H]1CN(c2cc(Oc3ccccc3Cl)ncn2)CCN1C(=O)C1CCCC1. The molecule has 2 aromatic rings. The molecular weight excluding hydrogens is 376 g/mol. The van der Waals surface area contributed by atoms with Crippen molar-refractivity contribution in [3.8, 4) is 11.6 Å². The first-order chi connectivity index (χ1) is 13.6. The van der Waals surface area contributed by atoms with Crippen molar-refractivity contribution in [2.45, 2.75) is 38.6 Å². The first-order valence-corrected chi connectivity index (χ1v) is 10.3. The van der Waals surface area contributed by atoms with E-state index >= 15 is 0 Å². The Labute approximate surface area is 170 Å². The molecule has 0 spiro atoms. The van der Waals surface area contributed by atoms with Gasteiger partial charge in [-0.25, -0.2) is 9.97 Å². The highest BCUT2D eigenvalue weighted by atomic mass is 35.5. The Morgan fingerprint density at radius 1 is 1.18 bits per heavy atom. The van der Waals surface area contributed by atoms with Crippen LogP contribution in [0.2, 0.25) is 5.02 Å². The summed E-state index contributed by atoms with van der Waals surface area (Å²) in [5.74, 6) is 2.38. The fourth-order valence-corrected chi connectivity index (χ4v) is 4.27. The largest absolute Gasteiger partial charge is 0.437 e. The Balaban J connectivity index is 1.43. The number of nitrogens with zero attached hydrogens (tertiary/aromatic N) is 4. The van der Waals surface area contributed by atoms with Crippen LogP contribution in [0.5, 0.6) is 11.6 Å². The van der Waals surface area contributed by atoms with Crippen molar-refractivity contribution in [3.05, 3.63) is 41.7 Å². The van der Waals surface area contributed by atoms with Gasteiger partial charge in [-0.05, 0) is 31.9 Å². The molecule has 1 aliphatic heterocycles. The van der Waals surface area contributed by atoms with Crippen LogP contribution >= 0.6 is 11.6 Å². The Kier molecular flexibility index (Phi) is 5.67. The Hall–Kier alpha value is -2.34. The summed E-state index contributed by atoms with van der Waals surface area (Å²) < 4.78 is 5.82. The molecule has 2 aliphatic rings. The van der Waals surface area contributed by atoms with Crippen LogP contribution in [-0.2, 0) is 4.79 Å². The van der Waals surface area contributed by atoms with E-state index < -0.39 is 0 Å². The lowest BCUT2D eigenvalue weighted by Gasteiger charge is -2.41. The third-order valence-electron chi connectivity index (χ3n) is 5.62. The number of halogens is 1. The van der Waals surface area contributed by atoms with E-state index in [4.69, 9.17) is 16.3 Å². The molecule has 0 radical (unpaired) electrons. The highest BCUT2D eigenvalue weighted by Crippen LogP contribution is 2.30. The molecule has 0 bridgehead atoms. The number of ether oxygens (including phenoxy) is 1. The summed E-state index contributed by atoms with van der Waals surface area (Å²) in [6.45, 7) is 4.34. The third-order valence-corrected chi connectivity index (χ3v) is 5.93. The van der Waals surface area contributed by atoms with Crippen molar-refractivity contribution >= 4 is 23.3 Å². The van der Waals surface area contributed by atoms with Crippen LogP contribution in [0.25, 0.3) is 0 Å². The van der Waals surface area contributed by atoms with Gasteiger partial charge in [0.25, 0.3) is 0 Å². The molecule has 28 heavy (non-hydrogen) atoms. The number of amides is 1. The number of piperazine rings is 1. The standard InChI is InChI=1S/C21H25ClN4O2/c1-15-13-25(10-11-26(15)21(27)16-6-2-3-7-16)19-12-20(24-14-23-19)28-18-9-5-4-8-17(18)22/h4-5,8-9,12,14-16H,2-3,6-7,10-11,13H2,1H3/t15-/m0/s1. The monoisotopic (exact) mass is 400 g/mol. The molecule has 1 aromatic heterocycles. The van der Waals surface area contributed by atoms with E-state index in [0.717, 1.165) is 38.3 Å². The molecule has 0 unspecified atom stereocenters. The van der Waals surface area contributed by atoms with Crippen molar-refractivity contribution in [2.75, 3.05) is 24.5 Å². The van der Waals surface area contributed by atoms with Crippen LogP contribution in [0.3, 0.4) is 0 Å². The lowest BCUT2D eigenvalue weighted by atomic mass is 10.0. The molecule has 1 aromatic carbocycles. The Morgan fingerprint density at radius 2 is 1.96 bits per heavy atom. The molecule has 1 atom stereocenters. The predicted molar refractivity (Wildman–Crippen MR) is 109 cm³/mol. The van der Waals surface area contributed by atoms with Gasteiger partial charge in [0.2, 0.25) is 11.8 Å². The zero-order valence-corrected chi connectivity index (χ0v) is 16.8. The molecule has 0 N–H and O–H groups in total. The fraction of sp³-hybridized carbons (Fsp3) is 0.476. The molecule has 1 saturated carbocycles. The molecule has 2 fully saturated rings. The van der Waals surface area contributed by atoms with Gasteiger partial charge in [-0.1, -0.05) is 36.6 Å². The van der Waals surface area contributed by atoms with Crippen molar-refractivity contribution in [2.24, 2.45) is 5.92 Å². The van der Waals surface area contributed by atoms with Crippen molar-refractivity contribution in [1.29, 1.82) is 0 Å². The van der Waals surface area contributed by atoms with E-state index in [1.54, 1.807) is 12.1 Å². The Bertz CT molecular complexity index is 841. The van der Waals surface area contributed by atoms with Gasteiger partial charge < -0.3 is 14.5 Å². The van der Waals surface area contributed by atoms with Crippen LogP contribution in [0.15, 0.2) is 36.7 Å². The molecule has 4 rings (SSSR count). The maximum Gasteiger partial charge on any atom is 0.226 e. The minimum absolute atomic E-state index is 0.157. The number of hydrogen-bond donors (Lipinski definition) is 0. The summed E-state index contributed by atoms with van der Waals surface area (Å²) in [7, 11) is 0. The van der Waals surface area contributed by atoms with Gasteiger partial charge >= 0.3 is 0 Å². The summed E-state index contributed by atoms with van der Waals surface area (Å²) in [5.41, 5.74) is 0. The number of aromatic nitrogens is 2. The van der Waals surface area contributed by atoms with Gasteiger partial charge in [0.05, 0.1) is 5.02 Å². The molecule has 1 aliphatic carbocycles. The average Bonchev–Trinajstić information content (AvgIpc) is 3.24. The zero-order chi connectivity index (χ0) is 19.5. The highest BCUT2D eigenvalue weighted by Gasteiger charge is 2.33. The molecular formula is C21H25ClN4O2. The van der Waals surface area contributed by atoms with Crippen LogP contribution in [0.1, 0.15) is 32.6 Å². The highest BCUT2D eigenvalue weighted by molar-refractivity contribution is 6.32. The maximum absolute atomic E-state index is 12.8. The van der Waals surface area contributed by atoms with Crippen LogP contribution in [-0.4, -0.2) is 46.5 Å². The lowest BCUT2D eigenvalue weighted by Crippen LogP contribution is -2.55. The van der Waals surface area contributed by atoms with Crippen LogP contribution in [0, 0.1) is 5.92 Å². The van der Waals surface area contributed by atoms with Gasteiger partial charge in [-0.2, -0.15) is 0 Å². The van der Waals surface area contributed by atoms with Gasteiger partial charge in [-0.3, -0.25) is 4.79 Å². The smallest absolute Gasteiger partial charge is 0.226 e. The molecule has 1 amide bonds. The number of para-hydroxylation sites is 1. The second-order valence-electron chi connectivity index (χ2n) is 7.55. The maximum atomic E-state index is 12.8. The van der Waals surface area contributed by atoms with E-state index in [1.807, 2.05) is 18.2 Å². The number of carbonyl (C=O) groups excluding carboxylic acids is 1. The predicted octanol–water partition coefficient (Wildman–Crippen LogP) is 4.15. The first-order valence-electron chi connectivity index (χ1n) is 9.91. The van der Waals surface area contributed by atoms with E-state index in [9.17, 15) is 4.79 Å². The van der Waals surface area contributed by atoms with E-state index in [-0.39, 0.29) is 12.0 Å². The number of benzene rings is 1. The van der Waals surface area contributed by atoms with Crippen molar-refractivity contribution in [1.82, 2.24) is 14.9 Å². The lowest BCUT2D eigenvalue weighted by molar-refractivity contribution is -0.137. The van der Waals surface area contributed by atoms with Gasteiger partial charge in [0.15, 0.2) is 0 Å². The second kappa shape index (κ2) is 8.35. The minimum atomic E-state index is 0.157. The number of rotatable bonds is 4. The molecule has 2 heterocycles. The summed E-state index contributed by atoms with van der Waals surface area (Å²) in [6, 6.07) is 9.29. The average molecular weight is 401 g/mol. The van der Waals surface area contributed by atoms with Crippen LogP contribution in [0.4, 0.5) is 5.82 Å². The number of anilines is 1. The fourth-order valence-electron chi connectivity index (χ4n) is 4.10. The summed E-state index contributed by atoms with van der Waals surface area (Å²) in [5, 5.41) is 0.537. The van der Waals surface area contributed by atoms with E-state index in [2.05, 4.69) is 26.7 Å². The first kappa shape index (κ1) is 19.0. The number of carbonyl (C=O) groups is 1. The Morgan fingerprint density at radius 3 is 2.71 bits per heavy atom. The molecule has 6 nitrogen and oxygen atoms in total. The van der Waals surface area contributed by atoms with Crippen LogP contribution < -0.4 is 9.64 Å². The summed E-state index contributed by atoms with van der Waals surface area (Å²) in [6.07, 6.45) is 5.95. The minimum Gasteiger partial charge on any atom is -0.437 e. The molecule has 7 heteroatoms. The summed E-state index contributed by atoms with van der Waals surface area (Å²) >= 11 is 6.16. The zero-order valence-electron chi connectivity index (χ0n) is 16.1. The van der Waals surface area contributed by atoms with E-state index in [0.29, 0.717) is 22.6 Å².